The van der Waals surface area contributed by atoms with Crippen molar-refractivity contribution < 1.29 is 9.53 Å². The molecule has 0 radical (unpaired) electrons. The summed E-state index contributed by atoms with van der Waals surface area (Å²) in [6.07, 6.45) is 5.46. The van der Waals surface area contributed by atoms with Crippen LogP contribution in [0, 0.1) is 0 Å². The molecule has 1 amide bonds. The lowest BCUT2D eigenvalue weighted by atomic mass is 10.1. The van der Waals surface area contributed by atoms with Crippen LogP contribution in [0.5, 0.6) is 5.75 Å². The molecular weight excluding hydrogens is 284 g/mol. The maximum absolute atomic E-state index is 11.3. The number of carbonyl (C=O) groups excluding carboxylic acids is 1. The Bertz CT molecular complexity index is 411. The van der Waals surface area contributed by atoms with Crippen LogP contribution in [0.2, 0.25) is 0 Å². The molecule has 0 unspecified atom stereocenters. The van der Waals surface area contributed by atoms with E-state index in [1.165, 1.54) is 0 Å². The first-order chi connectivity index (χ1) is 8.15. The highest BCUT2D eigenvalue weighted by Gasteiger charge is 2.22. The van der Waals surface area contributed by atoms with Crippen molar-refractivity contribution in [1.82, 2.24) is 9.88 Å². The predicted octanol–water partition coefficient (Wildman–Crippen LogP) is 2.23. The Morgan fingerprint density at radius 1 is 1.59 bits per heavy atom. The molecule has 0 bridgehead atoms. The fourth-order valence-electron chi connectivity index (χ4n) is 1.97. The molecular formula is C12H15BrN2O2. The first-order valence-corrected chi connectivity index (χ1v) is 6.47. The van der Waals surface area contributed by atoms with Gasteiger partial charge < -0.3 is 9.64 Å². The summed E-state index contributed by atoms with van der Waals surface area (Å²) < 4.78 is 6.73. The van der Waals surface area contributed by atoms with Crippen LogP contribution < -0.4 is 4.74 Å². The Hall–Kier alpha value is -1.10. The average Bonchev–Trinajstić information content (AvgIpc) is 2.29. The van der Waals surface area contributed by atoms with Gasteiger partial charge in [0, 0.05) is 24.1 Å². The summed E-state index contributed by atoms with van der Waals surface area (Å²) >= 11 is 3.36. The lowest BCUT2D eigenvalue weighted by Gasteiger charge is -2.32. The van der Waals surface area contributed by atoms with E-state index in [4.69, 9.17) is 4.74 Å². The SMILES string of the molecule is CC(=O)N1CCC[C@@H](Oc2cncc(Br)c2)C1. The molecule has 0 aromatic carbocycles. The topological polar surface area (TPSA) is 42.4 Å². The second-order valence-corrected chi connectivity index (χ2v) is 5.10. The van der Waals surface area contributed by atoms with E-state index in [1.54, 1.807) is 19.3 Å². The average molecular weight is 299 g/mol. The van der Waals surface area contributed by atoms with E-state index in [-0.39, 0.29) is 12.0 Å². The van der Waals surface area contributed by atoms with E-state index in [9.17, 15) is 4.79 Å². The second kappa shape index (κ2) is 5.49. The summed E-state index contributed by atoms with van der Waals surface area (Å²) in [7, 11) is 0. The number of piperidine rings is 1. The maximum Gasteiger partial charge on any atom is 0.219 e. The van der Waals surface area contributed by atoms with E-state index in [0.29, 0.717) is 6.54 Å². The van der Waals surface area contributed by atoms with Crippen LogP contribution in [-0.2, 0) is 4.79 Å². The van der Waals surface area contributed by atoms with Gasteiger partial charge in [0.1, 0.15) is 11.9 Å². The smallest absolute Gasteiger partial charge is 0.219 e. The van der Waals surface area contributed by atoms with Gasteiger partial charge >= 0.3 is 0 Å². The zero-order chi connectivity index (χ0) is 12.3. The van der Waals surface area contributed by atoms with E-state index in [2.05, 4.69) is 20.9 Å². The number of likely N-dealkylation sites (tertiary alicyclic amines) is 1. The fourth-order valence-corrected chi connectivity index (χ4v) is 2.31. The quantitative estimate of drug-likeness (QED) is 0.841. The number of rotatable bonds is 2. The minimum atomic E-state index is 0.0729. The molecule has 1 atom stereocenters. The summed E-state index contributed by atoms with van der Waals surface area (Å²) in [4.78, 5) is 17.2. The molecule has 1 aliphatic rings. The van der Waals surface area contributed by atoms with Crippen LogP contribution in [0.1, 0.15) is 19.8 Å². The molecule has 5 heteroatoms. The number of hydrogen-bond donors (Lipinski definition) is 0. The lowest BCUT2D eigenvalue weighted by Crippen LogP contribution is -2.43. The highest BCUT2D eigenvalue weighted by Crippen LogP contribution is 2.20. The molecule has 1 aromatic rings. The molecule has 1 aliphatic heterocycles. The van der Waals surface area contributed by atoms with Crippen molar-refractivity contribution in [3.63, 3.8) is 0 Å². The van der Waals surface area contributed by atoms with Crippen LogP contribution in [0.3, 0.4) is 0 Å². The van der Waals surface area contributed by atoms with Gasteiger partial charge in [-0.2, -0.15) is 0 Å². The summed E-state index contributed by atoms with van der Waals surface area (Å²) in [5.74, 6) is 0.862. The molecule has 1 saturated heterocycles. The van der Waals surface area contributed by atoms with Crippen molar-refractivity contribution >= 4 is 21.8 Å². The number of nitrogens with zero attached hydrogens (tertiary/aromatic N) is 2. The number of aromatic nitrogens is 1. The molecule has 0 spiro atoms. The largest absolute Gasteiger partial charge is 0.487 e. The molecule has 92 valence electrons. The zero-order valence-corrected chi connectivity index (χ0v) is 11.3. The number of halogens is 1. The Balaban J connectivity index is 1.97. The lowest BCUT2D eigenvalue weighted by molar-refractivity contribution is -0.131. The van der Waals surface area contributed by atoms with Gasteiger partial charge in [-0.1, -0.05) is 0 Å². The van der Waals surface area contributed by atoms with Gasteiger partial charge in [0.25, 0.3) is 0 Å². The number of carbonyl (C=O) groups is 1. The van der Waals surface area contributed by atoms with Crippen LogP contribution in [0.4, 0.5) is 0 Å². The van der Waals surface area contributed by atoms with Gasteiger partial charge in [0.15, 0.2) is 0 Å². The second-order valence-electron chi connectivity index (χ2n) is 4.19. The maximum atomic E-state index is 11.3. The molecule has 0 aliphatic carbocycles. The van der Waals surface area contributed by atoms with E-state index in [1.807, 2.05) is 11.0 Å². The van der Waals surface area contributed by atoms with Crippen molar-refractivity contribution in [2.45, 2.75) is 25.9 Å². The number of amides is 1. The molecule has 0 N–H and O–H groups in total. The Morgan fingerprint density at radius 2 is 2.41 bits per heavy atom. The summed E-state index contributed by atoms with van der Waals surface area (Å²) in [6, 6.07) is 1.89. The normalized spacial score (nSPS) is 20.1. The minimum absolute atomic E-state index is 0.0729. The fraction of sp³-hybridized carbons (Fsp3) is 0.500. The summed E-state index contributed by atoms with van der Waals surface area (Å²) in [5.41, 5.74) is 0. The van der Waals surface area contributed by atoms with Crippen molar-refractivity contribution in [3.8, 4) is 5.75 Å². The van der Waals surface area contributed by atoms with Gasteiger partial charge in [-0.05, 0) is 34.8 Å². The van der Waals surface area contributed by atoms with Gasteiger partial charge in [-0.3, -0.25) is 9.78 Å². The number of hydrogen-bond acceptors (Lipinski definition) is 3. The Kier molecular flexibility index (Phi) is 3.99. The van der Waals surface area contributed by atoms with Crippen LogP contribution >= 0.6 is 15.9 Å². The van der Waals surface area contributed by atoms with Gasteiger partial charge in [-0.25, -0.2) is 0 Å². The van der Waals surface area contributed by atoms with Gasteiger partial charge in [-0.15, -0.1) is 0 Å². The van der Waals surface area contributed by atoms with Crippen molar-refractivity contribution in [3.05, 3.63) is 22.9 Å². The van der Waals surface area contributed by atoms with Crippen LogP contribution in [0.25, 0.3) is 0 Å². The predicted molar refractivity (Wildman–Crippen MR) is 67.8 cm³/mol. The molecule has 2 heterocycles. The standard InChI is InChI=1S/C12H15BrN2O2/c1-9(16)15-4-2-3-11(8-15)17-12-5-10(13)6-14-7-12/h5-7,11H,2-4,8H2,1H3/t11-/m1/s1. The highest BCUT2D eigenvalue weighted by atomic mass is 79.9. The zero-order valence-electron chi connectivity index (χ0n) is 9.73. The molecule has 2 rings (SSSR count). The van der Waals surface area contributed by atoms with E-state index < -0.39 is 0 Å². The van der Waals surface area contributed by atoms with Crippen molar-refractivity contribution in [1.29, 1.82) is 0 Å². The first-order valence-electron chi connectivity index (χ1n) is 5.68. The molecule has 17 heavy (non-hydrogen) atoms. The highest BCUT2D eigenvalue weighted by molar-refractivity contribution is 9.10. The van der Waals surface area contributed by atoms with E-state index >= 15 is 0 Å². The molecule has 0 saturated carbocycles. The van der Waals surface area contributed by atoms with Gasteiger partial charge in [0.05, 0.1) is 12.7 Å². The van der Waals surface area contributed by atoms with Crippen LogP contribution in [-0.4, -0.2) is 35.0 Å². The third-order valence-corrected chi connectivity index (χ3v) is 3.24. The monoisotopic (exact) mass is 298 g/mol. The van der Waals surface area contributed by atoms with Crippen LogP contribution in [0.15, 0.2) is 22.9 Å². The third-order valence-electron chi connectivity index (χ3n) is 2.81. The van der Waals surface area contributed by atoms with Crippen molar-refractivity contribution in [2.24, 2.45) is 0 Å². The van der Waals surface area contributed by atoms with Gasteiger partial charge in [0.2, 0.25) is 5.91 Å². The first kappa shape index (κ1) is 12.4. The number of ether oxygens (including phenoxy) is 1. The Morgan fingerprint density at radius 3 is 3.12 bits per heavy atom. The molecule has 1 fully saturated rings. The Labute approximate surface area is 109 Å². The minimum Gasteiger partial charge on any atom is -0.487 e. The summed E-state index contributed by atoms with van der Waals surface area (Å²) in [6.45, 7) is 3.11. The van der Waals surface area contributed by atoms with E-state index in [0.717, 1.165) is 29.6 Å². The number of pyridine rings is 1. The van der Waals surface area contributed by atoms with Crippen molar-refractivity contribution in [2.75, 3.05) is 13.1 Å². The molecule has 4 nitrogen and oxygen atoms in total. The third kappa shape index (κ3) is 3.43. The summed E-state index contributed by atoms with van der Waals surface area (Å²) in [5, 5.41) is 0. The molecule has 1 aromatic heterocycles.